The van der Waals surface area contributed by atoms with Gasteiger partial charge in [0.2, 0.25) is 5.88 Å². The summed E-state index contributed by atoms with van der Waals surface area (Å²) in [5, 5.41) is 4.08. The summed E-state index contributed by atoms with van der Waals surface area (Å²) in [6.07, 6.45) is 1.43. The highest BCUT2D eigenvalue weighted by atomic mass is 16.5. The van der Waals surface area contributed by atoms with Crippen molar-refractivity contribution in [3.8, 4) is 17.4 Å². The molecule has 7 heteroatoms. The standard InChI is InChI=1S/C13H13N5O2/c1-8-5-12(18-13(17-8)15-7-16-18)20-10-4-3-9(14)6-11(10)19-2/h3-7H,14H2,1-2H3. The van der Waals surface area contributed by atoms with Gasteiger partial charge in [-0.15, -0.1) is 0 Å². The Bertz CT molecular complexity index is 769. The van der Waals surface area contributed by atoms with Crippen LogP contribution in [-0.2, 0) is 0 Å². The molecule has 0 amide bonds. The van der Waals surface area contributed by atoms with E-state index in [1.807, 2.05) is 6.92 Å². The van der Waals surface area contributed by atoms with E-state index < -0.39 is 0 Å². The molecule has 0 aliphatic rings. The summed E-state index contributed by atoms with van der Waals surface area (Å²) in [7, 11) is 1.56. The Morgan fingerprint density at radius 2 is 2.05 bits per heavy atom. The topological polar surface area (TPSA) is 87.6 Å². The molecule has 0 saturated carbocycles. The van der Waals surface area contributed by atoms with Gasteiger partial charge in [0.15, 0.2) is 11.5 Å². The van der Waals surface area contributed by atoms with Crippen LogP contribution in [-0.4, -0.2) is 26.7 Å². The monoisotopic (exact) mass is 271 g/mol. The summed E-state index contributed by atoms with van der Waals surface area (Å²) in [6.45, 7) is 1.86. The highest BCUT2D eigenvalue weighted by Crippen LogP contribution is 2.33. The zero-order valence-corrected chi connectivity index (χ0v) is 11.1. The van der Waals surface area contributed by atoms with Crippen molar-refractivity contribution in [1.82, 2.24) is 19.6 Å². The van der Waals surface area contributed by atoms with Crippen molar-refractivity contribution in [3.05, 3.63) is 36.3 Å². The Morgan fingerprint density at radius 1 is 1.20 bits per heavy atom. The highest BCUT2D eigenvalue weighted by molar-refractivity contribution is 5.53. The van der Waals surface area contributed by atoms with Gasteiger partial charge < -0.3 is 15.2 Å². The minimum Gasteiger partial charge on any atom is -0.493 e. The molecule has 0 unspecified atom stereocenters. The number of nitrogens with two attached hydrogens (primary N) is 1. The third-order valence-electron chi connectivity index (χ3n) is 2.75. The number of rotatable bonds is 3. The minimum atomic E-state index is 0.481. The number of hydrogen-bond acceptors (Lipinski definition) is 6. The Labute approximate surface area is 115 Å². The van der Waals surface area contributed by atoms with Gasteiger partial charge in [-0.1, -0.05) is 0 Å². The lowest BCUT2D eigenvalue weighted by Crippen LogP contribution is -2.00. The molecular weight excluding hydrogens is 258 g/mol. The van der Waals surface area contributed by atoms with Crippen LogP contribution >= 0.6 is 0 Å². The van der Waals surface area contributed by atoms with Gasteiger partial charge in [-0.05, 0) is 19.1 Å². The highest BCUT2D eigenvalue weighted by Gasteiger charge is 2.11. The van der Waals surface area contributed by atoms with Crippen LogP contribution in [0.4, 0.5) is 5.69 Å². The number of ether oxygens (including phenoxy) is 2. The maximum absolute atomic E-state index is 5.85. The second kappa shape index (κ2) is 4.69. The number of nitrogen functional groups attached to an aromatic ring is 1. The molecule has 3 rings (SSSR count). The van der Waals surface area contributed by atoms with Crippen molar-refractivity contribution >= 4 is 11.5 Å². The number of benzene rings is 1. The van der Waals surface area contributed by atoms with Crippen molar-refractivity contribution in [2.45, 2.75) is 6.92 Å². The second-order valence-electron chi connectivity index (χ2n) is 4.22. The molecule has 0 atom stereocenters. The fraction of sp³-hybridized carbons (Fsp3) is 0.154. The summed E-state index contributed by atoms with van der Waals surface area (Å²) in [4.78, 5) is 8.30. The quantitative estimate of drug-likeness (QED) is 0.731. The third kappa shape index (κ3) is 2.09. The molecule has 0 fully saturated rings. The molecule has 0 aliphatic carbocycles. The van der Waals surface area contributed by atoms with Crippen LogP contribution in [0.15, 0.2) is 30.6 Å². The minimum absolute atomic E-state index is 0.481. The first-order valence-electron chi connectivity index (χ1n) is 5.96. The van der Waals surface area contributed by atoms with Gasteiger partial charge in [-0.2, -0.15) is 14.6 Å². The molecule has 7 nitrogen and oxygen atoms in total. The second-order valence-corrected chi connectivity index (χ2v) is 4.22. The first-order chi connectivity index (χ1) is 9.67. The van der Waals surface area contributed by atoms with E-state index in [-0.39, 0.29) is 0 Å². The molecule has 0 radical (unpaired) electrons. The normalized spacial score (nSPS) is 10.7. The molecule has 0 aliphatic heterocycles. The third-order valence-corrected chi connectivity index (χ3v) is 2.75. The van der Waals surface area contributed by atoms with Gasteiger partial charge in [-0.3, -0.25) is 0 Å². The fourth-order valence-corrected chi connectivity index (χ4v) is 1.85. The van der Waals surface area contributed by atoms with Crippen LogP contribution in [0.2, 0.25) is 0 Å². The number of aromatic nitrogens is 4. The van der Waals surface area contributed by atoms with E-state index in [9.17, 15) is 0 Å². The molecule has 0 saturated heterocycles. The smallest absolute Gasteiger partial charge is 0.255 e. The van der Waals surface area contributed by atoms with Crippen molar-refractivity contribution in [2.75, 3.05) is 12.8 Å². The summed E-state index contributed by atoms with van der Waals surface area (Å²) in [5.74, 6) is 2.08. The molecule has 102 valence electrons. The van der Waals surface area contributed by atoms with Crippen LogP contribution in [0.3, 0.4) is 0 Å². The largest absolute Gasteiger partial charge is 0.493 e. The number of aryl methyl sites for hydroxylation is 1. The van der Waals surface area contributed by atoms with E-state index in [4.69, 9.17) is 15.2 Å². The molecule has 1 aromatic carbocycles. The summed E-state index contributed by atoms with van der Waals surface area (Å²) in [5.41, 5.74) is 7.11. The Balaban J connectivity index is 2.07. The molecule has 3 aromatic rings. The maximum atomic E-state index is 5.85. The zero-order chi connectivity index (χ0) is 14.1. The SMILES string of the molecule is COc1cc(N)ccc1Oc1cc(C)nc2ncnn12. The lowest BCUT2D eigenvalue weighted by Gasteiger charge is -2.11. The van der Waals surface area contributed by atoms with E-state index in [0.29, 0.717) is 28.8 Å². The van der Waals surface area contributed by atoms with E-state index >= 15 is 0 Å². The van der Waals surface area contributed by atoms with Gasteiger partial charge in [0.25, 0.3) is 5.78 Å². The average molecular weight is 271 g/mol. The number of anilines is 1. The van der Waals surface area contributed by atoms with Crippen molar-refractivity contribution < 1.29 is 9.47 Å². The average Bonchev–Trinajstić information content (AvgIpc) is 2.88. The van der Waals surface area contributed by atoms with E-state index in [2.05, 4.69) is 15.1 Å². The summed E-state index contributed by atoms with van der Waals surface area (Å²) < 4.78 is 12.6. The number of fused-ring (bicyclic) bond motifs is 1. The summed E-state index contributed by atoms with van der Waals surface area (Å²) >= 11 is 0. The van der Waals surface area contributed by atoms with Crippen LogP contribution in [0.25, 0.3) is 5.78 Å². The van der Waals surface area contributed by atoms with Crippen molar-refractivity contribution in [3.63, 3.8) is 0 Å². The Kier molecular flexibility index (Phi) is 2.86. The lowest BCUT2D eigenvalue weighted by atomic mass is 10.3. The number of hydrogen-bond donors (Lipinski definition) is 1. The molecule has 2 aromatic heterocycles. The van der Waals surface area contributed by atoms with E-state index in [1.54, 1.807) is 31.4 Å². The lowest BCUT2D eigenvalue weighted by molar-refractivity contribution is 0.370. The maximum Gasteiger partial charge on any atom is 0.255 e. The summed E-state index contributed by atoms with van der Waals surface area (Å²) in [6, 6.07) is 6.95. The number of methoxy groups -OCH3 is 1. The van der Waals surface area contributed by atoms with Gasteiger partial charge in [0.05, 0.1) is 7.11 Å². The van der Waals surface area contributed by atoms with Crippen LogP contribution in [0, 0.1) is 6.92 Å². The van der Waals surface area contributed by atoms with Crippen LogP contribution in [0.5, 0.6) is 17.4 Å². The molecule has 20 heavy (non-hydrogen) atoms. The van der Waals surface area contributed by atoms with Gasteiger partial charge in [0.1, 0.15) is 6.33 Å². The first-order valence-corrected chi connectivity index (χ1v) is 5.96. The van der Waals surface area contributed by atoms with Crippen LogP contribution < -0.4 is 15.2 Å². The molecule has 0 spiro atoms. The Morgan fingerprint density at radius 3 is 2.85 bits per heavy atom. The molecule has 2 N–H and O–H groups in total. The van der Waals surface area contributed by atoms with Gasteiger partial charge in [-0.25, -0.2) is 4.98 Å². The molecular formula is C13H13N5O2. The van der Waals surface area contributed by atoms with Crippen molar-refractivity contribution in [2.24, 2.45) is 0 Å². The van der Waals surface area contributed by atoms with Crippen LogP contribution in [0.1, 0.15) is 5.69 Å². The van der Waals surface area contributed by atoms with E-state index in [0.717, 1.165) is 5.69 Å². The molecule has 0 bridgehead atoms. The molecule has 2 heterocycles. The van der Waals surface area contributed by atoms with Gasteiger partial charge >= 0.3 is 0 Å². The fourth-order valence-electron chi connectivity index (χ4n) is 1.85. The predicted octanol–water partition coefficient (Wildman–Crippen LogP) is 1.82. The number of nitrogens with zero attached hydrogens (tertiary/aromatic N) is 4. The van der Waals surface area contributed by atoms with Gasteiger partial charge in [0, 0.05) is 23.5 Å². The first kappa shape index (κ1) is 12.2. The zero-order valence-electron chi connectivity index (χ0n) is 11.1. The predicted molar refractivity (Wildman–Crippen MR) is 73.0 cm³/mol. The van der Waals surface area contributed by atoms with E-state index in [1.165, 1.54) is 10.8 Å². The Hall–Kier alpha value is -2.83. The van der Waals surface area contributed by atoms with Crippen molar-refractivity contribution in [1.29, 1.82) is 0 Å².